The number of phenolic OH excluding ortho intramolecular Hbond substituents is 1. The number of Topliss-reactive ketones (excluding diaryl/α,β-unsaturated/α-hetero) is 1. The zero-order valence-corrected chi connectivity index (χ0v) is 8.06. The third-order valence-electron chi connectivity index (χ3n) is 1.87. The SMILES string of the molecule is COC(=O)c1ccc(C(=O)CO)cc1O. The zero-order chi connectivity index (χ0) is 11.4. The van der Waals surface area contributed by atoms with Gasteiger partial charge in [-0.3, -0.25) is 4.79 Å². The lowest BCUT2D eigenvalue weighted by atomic mass is 10.1. The number of rotatable bonds is 3. The summed E-state index contributed by atoms with van der Waals surface area (Å²) in [6, 6.07) is 3.72. The molecule has 80 valence electrons. The monoisotopic (exact) mass is 210 g/mol. The van der Waals surface area contributed by atoms with Gasteiger partial charge in [-0.25, -0.2) is 4.79 Å². The van der Waals surface area contributed by atoms with Crippen LogP contribution in [0.4, 0.5) is 0 Å². The maximum Gasteiger partial charge on any atom is 0.341 e. The van der Waals surface area contributed by atoms with E-state index in [1.165, 1.54) is 19.2 Å². The lowest BCUT2D eigenvalue weighted by Gasteiger charge is -2.04. The Morgan fingerprint density at radius 1 is 1.40 bits per heavy atom. The van der Waals surface area contributed by atoms with E-state index >= 15 is 0 Å². The van der Waals surface area contributed by atoms with Crippen LogP contribution in [0.2, 0.25) is 0 Å². The van der Waals surface area contributed by atoms with Crippen molar-refractivity contribution in [2.75, 3.05) is 13.7 Å². The molecule has 0 fully saturated rings. The summed E-state index contributed by atoms with van der Waals surface area (Å²) in [6.45, 7) is -0.642. The second-order valence-electron chi connectivity index (χ2n) is 2.80. The number of carbonyl (C=O) groups excluding carboxylic acids is 2. The predicted octanol–water partition coefficient (Wildman–Crippen LogP) is 0.354. The summed E-state index contributed by atoms with van der Waals surface area (Å²) < 4.78 is 4.41. The van der Waals surface area contributed by atoms with Crippen LogP contribution in [-0.2, 0) is 4.74 Å². The molecule has 0 unspecified atom stereocenters. The van der Waals surface area contributed by atoms with Crippen LogP contribution in [0.1, 0.15) is 20.7 Å². The lowest BCUT2D eigenvalue weighted by Crippen LogP contribution is -2.06. The number of carbonyl (C=O) groups is 2. The molecule has 0 aromatic heterocycles. The predicted molar refractivity (Wildman–Crippen MR) is 50.9 cm³/mol. The van der Waals surface area contributed by atoms with Crippen molar-refractivity contribution in [3.63, 3.8) is 0 Å². The molecule has 0 aliphatic heterocycles. The number of benzene rings is 1. The van der Waals surface area contributed by atoms with Gasteiger partial charge in [-0.05, 0) is 12.1 Å². The van der Waals surface area contributed by atoms with Gasteiger partial charge in [0, 0.05) is 5.56 Å². The number of aliphatic hydroxyl groups is 1. The van der Waals surface area contributed by atoms with Gasteiger partial charge in [-0.15, -0.1) is 0 Å². The minimum atomic E-state index is -0.685. The number of hydrogen-bond donors (Lipinski definition) is 2. The molecule has 0 aliphatic carbocycles. The quantitative estimate of drug-likeness (QED) is 0.555. The molecule has 1 rings (SSSR count). The standard InChI is InChI=1S/C10H10O5/c1-15-10(14)7-3-2-6(4-8(7)12)9(13)5-11/h2-4,11-12H,5H2,1H3. The molecule has 0 radical (unpaired) electrons. The van der Waals surface area contributed by atoms with Crippen molar-refractivity contribution in [3.05, 3.63) is 29.3 Å². The van der Waals surface area contributed by atoms with Gasteiger partial charge in [0.1, 0.15) is 17.9 Å². The summed E-state index contributed by atoms with van der Waals surface area (Å²) in [5.41, 5.74) is 0.120. The number of hydrogen-bond acceptors (Lipinski definition) is 5. The number of ketones is 1. The molecule has 0 bridgehead atoms. The third-order valence-corrected chi connectivity index (χ3v) is 1.87. The first-order valence-electron chi connectivity index (χ1n) is 4.15. The van der Waals surface area contributed by atoms with Crippen LogP contribution < -0.4 is 0 Å². The van der Waals surface area contributed by atoms with Gasteiger partial charge in [-0.1, -0.05) is 6.07 Å². The van der Waals surface area contributed by atoms with Gasteiger partial charge in [0.05, 0.1) is 7.11 Å². The number of aromatic hydroxyl groups is 1. The molecule has 1 aromatic carbocycles. The van der Waals surface area contributed by atoms with Gasteiger partial charge in [0.25, 0.3) is 0 Å². The molecule has 15 heavy (non-hydrogen) atoms. The summed E-state index contributed by atoms with van der Waals surface area (Å²) in [5.74, 6) is -1.56. The van der Waals surface area contributed by atoms with Gasteiger partial charge in [0.15, 0.2) is 5.78 Å². The van der Waals surface area contributed by atoms with Crippen LogP contribution in [0.3, 0.4) is 0 Å². The fourth-order valence-electron chi connectivity index (χ4n) is 1.08. The third kappa shape index (κ3) is 2.32. The van der Waals surface area contributed by atoms with E-state index in [2.05, 4.69) is 4.74 Å². The molecule has 0 heterocycles. The van der Waals surface area contributed by atoms with Crippen molar-refractivity contribution in [1.29, 1.82) is 0 Å². The maximum atomic E-state index is 11.1. The molecule has 0 spiro atoms. The molecule has 5 nitrogen and oxygen atoms in total. The van der Waals surface area contributed by atoms with E-state index in [-0.39, 0.29) is 16.9 Å². The van der Waals surface area contributed by atoms with E-state index in [0.717, 1.165) is 6.07 Å². The Balaban J connectivity index is 3.08. The van der Waals surface area contributed by atoms with E-state index in [1.807, 2.05) is 0 Å². The van der Waals surface area contributed by atoms with E-state index in [0.29, 0.717) is 0 Å². The van der Waals surface area contributed by atoms with Crippen LogP contribution >= 0.6 is 0 Å². The average molecular weight is 210 g/mol. The smallest absolute Gasteiger partial charge is 0.341 e. The van der Waals surface area contributed by atoms with E-state index in [9.17, 15) is 14.7 Å². The summed E-state index contributed by atoms with van der Waals surface area (Å²) >= 11 is 0. The summed E-state index contributed by atoms with van der Waals surface area (Å²) in [5, 5.41) is 18.0. The highest BCUT2D eigenvalue weighted by atomic mass is 16.5. The van der Waals surface area contributed by atoms with Crippen molar-refractivity contribution in [1.82, 2.24) is 0 Å². The minimum Gasteiger partial charge on any atom is -0.507 e. The molecule has 2 N–H and O–H groups in total. The Morgan fingerprint density at radius 2 is 2.07 bits per heavy atom. The van der Waals surface area contributed by atoms with Crippen LogP contribution in [0.5, 0.6) is 5.75 Å². The van der Waals surface area contributed by atoms with Crippen molar-refractivity contribution < 1.29 is 24.5 Å². The largest absolute Gasteiger partial charge is 0.507 e. The molecule has 0 aliphatic rings. The van der Waals surface area contributed by atoms with Gasteiger partial charge in [-0.2, -0.15) is 0 Å². The van der Waals surface area contributed by atoms with Crippen LogP contribution in [0.25, 0.3) is 0 Å². The van der Waals surface area contributed by atoms with Crippen molar-refractivity contribution in [2.24, 2.45) is 0 Å². The number of phenols is 1. The summed E-state index contributed by atoms with van der Waals surface area (Å²) in [7, 11) is 1.19. The molecule has 0 atom stereocenters. The second kappa shape index (κ2) is 4.56. The number of aliphatic hydroxyl groups excluding tert-OH is 1. The Labute approximate surface area is 85.9 Å². The van der Waals surface area contributed by atoms with Crippen LogP contribution in [0, 0.1) is 0 Å². The molecular formula is C10H10O5. The fraction of sp³-hybridized carbons (Fsp3) is 0.200. The highest BCUT2D eigenvalue weighted by Gasteiger charge is 2.13. The zero-order valence-electron chi connectivity index (χ0n) is 8.06. The van der Waals surface area contributed by atoms with Crippen molar-refractivity contribution in [3.8, 4) is 5.75 Å². The highest BCUT2D eigenvalue weighted by Crippen LogP contribution is 2.19. The normalized spacial score (nSPS) is 9.73. The van der Waals surface area contributed by atoms with Crippen LogP contribution in [0.15, 0.2) is 18.2 Å². The van der Waals surface area contributed by atoms with E-state index in [4.69, 9.17) is 5.11 Å². The number of esters is 1. The average Bonchev–Trinajstić information content (AvgIpc) is 2.26. The Kier molecular flexibility index (Phi) is 3.41. The minimum absolute atomic E-state index is 0.0213. The van der Waals surface area contributed by atoms with Gasteiger partial charge in [0.2, 0.25) is 0 Å². The number of methoxy groups -OCH3 is 1. The Morgan fingerprint density at radius 3 is 2.53 bits per heavy atom. The lowest BCUT2D eigenvalue weighted by molar-refractivity contribution is 0.0597. The first-order chi connectivity index (χ1) is 7.10. The fourth-order valence-corrected chi connectivity index (χ4v) is 1.08. The Bertz CT molecular complexity index is 397. The Hall–Kier alpha value is -1.88. The molecular weight excluding hydrogens is 200 g/mol. The highest BCUT2D eigenvalue weighted by molar-refractivity contribution is 5.99. The molecule has 0 saturated carbocycles. The summed E-state index contributed by atoms with van der Waals surface area (Å²) in [6.07, 6.45) is 0. The van der Waals surface area contributed by atoms with Crippen molar-refractivity contribution >= 4 is 11.8 Å². The number of ether oxygens (including phenoxy) is 1. The van der Waals surface area contributed by atoms with Gasteiger partial charge >= 0.3 is 5.97 Å². The molecule has 1 aromatic rings. The summed E-state index contributed by atoms with van der Waals surface area (Å²) in [4.78, 5) is 22.1. The maximum absolute atomic E-state index is 11.1. The second-order valence-corrected chi connectivity index (χ2v) is 2.80. The van der Waals surface area contributed by atoms with Crippen molar-refractivity contribution in [2.45, 2.75) is 0 Å². The van der Waals surface area contributed by atoms with E-state index < -0.39 is 18.4 Å². The topological polar surface area (TPSA) is 83.8 Å². The van der Waals surface area contributed by atoms with Gasteiger partial charge < -0.3 is 14.9 Å². The molecule has 5 heteroatoms. The molecule has 0 amide bonds. The molecule has 0 saturated heterocycles. The first kappa shape index (κ1) is 11.2. The first-order valence-corrected chi connectivity index (χ1v) is 4.15. The van der Waals surface area contributed by atoms with E-state index in [1.54, 1.807) is 0 Å². The van der Waals surface area contributed by atoms with Crippen LogP contribution in [-0.4, -0.2) is 35.7 Å².